The number of hydrogen-bond donors (Lipinski definition) is 0. The van der Waals surface area contributed by atoms with E-state index in [-0.39, 0.29) is 0 Å². The second-order valence-electron chi connectivity index (χ2n) is 14.7. The minimum Gasteiger partial charge on any atom is -0.306 e. The largest absolute Gasteiger partial charge is 0.306 e. The number of hydrogen-bond acceptors (Lipinski definition) is 1. The van der Waals surface area contributed by atoms with Gasteiger partial charge in [-0.05, 0) is 97.8 Å². The van der Waals surface area contributed by atoms with Gasteiger partial charge in [0.1, 0.15) is 0 Å². The van der Waals surface area contributed by atoms with Crippen LogP contribution >= 0.6 is 0 Å². The fourth-order valence-corrected chi connectivity index (χ4v) is 8.26. The van der Waals surface area contributed by atoms with Crippen LogP contribution in [-0.4, -0.2) is 25.0 Å². The first-order valence-corrected chi connectivity index (χ1v) is 16.2. The van der Waals surface area contributed by atoms with Crippen LogP contribution < -0.4 is 0 Å². The Morgan fingerprint density at radius 1 is 0.600 bits per heavy atom. The molecule has 0 bridgehead atoms. The van der Waals surface area contributed by atoms with Crippen molar-refractivity contribution in [1.29, 1.82) is 0 Å². The maximum absolute atomic E-state index is 2.67. The molecule has 1 heteroatoms. The van der Waals surface area contributed by atoms with Crippen molar-refractivity contribution >= 4 is 0 Å². The summed E-state index contributed by atoms with van der Waals surface area (Å²) in [6, 6.07) is 0. The van der Waals surface area contributed by atoms with Crippen molar-refractivity contribution in [2.24, 2.45) is 65.1 Å². The summed E-state index contributed by atoms with van der Waals surface area (Å²) in [6.07, 6.45) is 16.2. The second kappa shape index (κ2) is 15.4. The highest BCUT2D eigenvalue weighted by Gasteiger charge is 2.33. The molecule has 0 heterocycles. The SMILES string of the molecule is CC(C)C(CC(C)C(C)CC(C(C)C)C(C)C(C)C(C)CN(C)CC1CCCCC1)C1CCCC1. The van der Waals surface area contributed by atoms with Gasteiger partial charge < -0.3 is 4.90 Å². The molecule has 0 aromatic rings. The summed E-state index contributed by atoms with van der Waals surface area (Å²) < 4.78 is 0. The van der Waals surface area contributed by atoms with Crippen molar-refractivity contribution in [3.05, 3.63) is 0 Å². The van der Waals surface area contributed by atoms with Crippen molar-refractivity contribution in [1.82, 2.24) is 4.90 Å². The third kappa shape index (κ3) is 9.98. The standard InChI is InChI=1S/C34H67N/c1-24(2)33(20-26(5)27(6)21-34(25(3)4)32-18-14-15-19-32)30(9)29(8)28(7)22-35(10)23-31-16-12-11-13-17-31/h24-34H,11-23H2,1-10H3. The van der Waals surface area contributed by atoms with Gasteiger partial charge in [-0.25, -0.2) is 0 Å². The maximum Gasteiger partial charge on any atom is 0.000673 e. The molecule has 2 rings (SSSR count). The summed E-state index contributed by atoms with van der Waals surface area (Å²) in [5, 5.41) is 0. The lowest BCUT2D eigenvalue weighted by atomic mass is 9.67. The van der Waals surface area contributed by atoms with Crippen molar-refractivity contribution in [2.75, 3.05) is 20.1 Å². The van der Waals surface area contributed by atoms with Gasteiger partial charge in [0, 0.05) is 13.1 Å². The molecule has 0 N–H and O–H groups in total. The Bertz CT molecular complexity index is 541. The summed E-state index contributed by atoms with van der Waals surface area (Å²) in [4.78, 5) is 2.67. The molecule has 208 valence electrons. The molecule has 2 aliphatic rings. The van der Waals surface area contributed by atoms with E-state index in [4.69, 9.17) is 0 Å². The Labute approximate surface area is 223 Å². The van der Waals surface area contributed by atoms with E-state index in [0.29, 0.717) is 0 Å². The topological polar surface area (TPSA) is 3.24 Å². The van der Waals surface area contributed by atoms with Crippen LogP contribution in [0.4, 0.5) is 0 Å². The molecule has 2 aliphatic carbocycles. The van der Waals surface area contributed by atoms with Crippen molar-refractivity contribution in [3.8, 4) is 0 Å². The van der Waals surface area contributed by atoms with E-state index >= 15 is 0 Å². The lowest BCUT2D eigenvalue weighted by molar-refractivity contribution is 0.0993. The first-order chi connectivity index (χ1) is 16.5. The smallest absolute Gasteiger partial charge is 0.000673 e. The van der Waals surface area contributed by atoms with E-state index in [1.165, 1.54) is 83.7 Å². The Balaban J connectivity index is 1.90. The fraction of sp³-hybridized carbons (Fsp3) is 1.00. The predicted molar refractivity (Wildman–Crippen MR) is 158 cm³/mol. The lowest BCUT2D eigenvalue weighted by Gasteiger charge is -2.39. The van der Waals surface area contributed by atoms with Crippen LogP contribution in [0.25, 0.3) is 0 Å². The first-order valence-electron chi connectivity index (χ1n) is 16.2. The minimum atomic E-state index is 0.778. The van der Waals surface area contributed by atoms with E-state index in [1.807, 2.05) is 0 Å². The van der Waals surface area contributed by atoms with Gasteiger partial charge in [0.2, 0.25) is 0 Å². The van der Waals surface area contributed by atoms with Gasteiger partial charge in [-0.2, -0.15) is 0 Å². The molecule has 2 saturated carbocycles. The molecule has 2 fully saturated rings. The second-order valence-corrected chi connectivity index (χ2v) is 14.7. The fourth-order valence-electron chi connectivity index (χ4n) is 8.26. The Hall–Kier alpha value is -0.0400. The molecule has 1 nitrogen and oxygen atoms in total. The number of rotatable bonds is 15. The van der Waals surface area contributed by atoms with Crippen LogP contribution in [0, 0.1) is 65.1 Å². The zero-order valence-electron chi connectivity index (χ0n) is 26.0. The van der Waals surface area contributed by atoms with Gasteiger partial charge >= 0.3 is 0 Å². The van der Waals surface area contributed by atoms with Gasteiger partial charge in [0.15, 0.2) is 0 Å². The van der Waals surface area contributed by atoms with E-state index in [0.717, 1.165) is 65.1 Å². The van der Waals surface area contributed by atoms with Gasteiger partial charge in [0.05, 0.1) is 0 Å². The third-order valence-electron chi connectivity index (χ3n) is 11.3. The average Bonchev–Trinajstić information content (AvgIpc) is 3.34. The van der Waals surface area contributed by atoms with Crippen LogP contribution in [0.2, 0.25) is 0 Å². The van der Waals surface area contributed by atoms with Gasteiger partial charge in [-0.3, -0.25) is 0 Å². The van der Waals surface area contributed by atoms with Crippen LogP contribution in [0.3, 0.4) is 0 Å². The Morgan fingerprint density at radius 3 is 1.69 bits per heavy atom. The molecule has 35 heavy (non-hydrogen) atoms. The Kier molecular flexibility index (Phi) is 13.7. The summed E-state index contributed by atoms with van der Waals surface area (Å²) >= 11 is 0. The molecule has 0 aliphatic heterocycles. The van der Waals surface area contributed by atoms with Crippen molar-refractivity contribution in [3.63, 3.8) is 0 Å². The summed E-state index contributed by atoms with van der Waals surface area (Å²) in [7, 11) is 2.39. The summed E-state index contributed by atoms with van der Waals surface area (Å²) in [5.74, 6) is 9.45. The van der Waals surface area contributed by atoms with Gasteiger partial charge in [0.25, 0.3) is 0 Å². The molecule has 0 spiro atoms. The third-order valence-corrected chi connectivity index (χ3v) is 11.3. The molecule has 0 aromatic carbocycles. The average molecular weight is 490 g/mol. The molecule has 7 atom stereocenters. The van der Waals surface area contributed by atoms with Crippen molar-refractivity contribution < 1.29 is 0 Å². The minimum absolute atomic E-state index is 0.778. The summed E-state index contributed by atoms with van der Waals surface area (Å²) in [5.41, 5.74) is 0. The Morgan fingerprint density at radius 2 is 1.14 bits per heavy atom. The van der Waals surface area contributed by atoms with Crippen LogP contribution in [0.15, 0.2) is 0 Å². The molecular weight excluding hydrogens is 422 g/mol. The maximum atomic E-state index is 2.67. The quantitative estimate of drug-likeness (QED) is 0.221. The van der Waals surface area contributed by atoms with Crippen LogP contribution in [0.5, 0.6) is 0 Å². The van der Waals surface area contributed by atoms with E-state index in [9.17, 15) is 0 Å². The highest BCUT2D eigenvalue weighted by atomic mass is 15.1. The van der Waals surface area contributed by atoms with Gasteiger partial charge in [-0.15, -0.1) is 0 Å². The zero-order valence-corrected chi connectivity index (χ0v) is 26.0. The number of nitrogens with zero attached hydrogens (tertiary/aromatic N) is 1. The monoisotopic (exact) mass is 490 g/mol. The van der Waals surface area contributed by atoms with Gasteiger partial charge in [-0.1, -0.05) is 107 Å². The normalized spacial score (nSPS) is 24.6. The van der Waals surface area contributed by atoms with Crippen LogP contribution in [0.1, 0.15) is 133 Å². The molecular formula is C34H67N. The predicted octanol–water partition coefficient (Wildman–Crippen LogP) is 10.2. The van der Waals surface area contributed by atoms with E-state index in [1.54, 1.807) is 0 Å². The van der Waals surface area contributed by atoms with E-state index < -0.39 is 0 Å². The molecule has 0 amide bonds. The molecule has 0 radical (unpaired) electrons. The molecule has 0 aromatic heterocycles. The first kappa shape index (κ1) is 31.2. The lowest BCUT2D eigenvalue weighted by Crippen LogP contribution is -2.36. The zero-order chi connectivity index (χ0) is 26.1. The highest BCUT2D eigenvalue weighted by molar-refractivity contribution is 4.84. The van der Waals surface area contributed by atoms with E-state index in [2.05, 4.69) is 74.3 Å². The molecule has 0 saturated heterocycles. The summed E-state index contributed by atoms with van der Waals surface area (Å²) in [6.45, 7) is 25.5. The molecule has 7 unspecified atom stereocenters. The van der Waals surface area contributed by atoms with Crippen molar-refractivity contribution in [2.45, 2.75) is 133 Å². The van der Waals surface area contributed by atoms with Crippen LogP contribution in [-0.2, 0) is 0 Å². The highest BCUT2D eigenvalue weighted by Crippen LogP contribution is 2.42.